The lowest BCUT2D eigenvalue weighted by Gasteiger charge is -2.26. The third-order valence-corrected chi connectivity index (χ3v) is 8.35. The number of ether oxygens (including phenoxy) is 1. The molecule has 158 valence electrons. The van der Waals surface area contributed by atoms with Gasteiger partial charge < -0.3 is 10.5 Å². The molecule has 1 saturated heterocycles. The minimum atomic E-state index is -3.55. The maximum atomic E-state index is 13.1. The fraction of sp³-hybridized carbons (Fsp3) is 0.579. The average molecular weight is 439 g/mol. The zero-order valence-corrected chi connectivity index (χ0v) is 18.1. The Morgan fingerprint density at radius 2 is 1.93 bits per heavy atom. The number of thioether (sulfide) groups is 1. The van der Waals surface area contributed by atoms with Crippen molar-refractivity contribution in [3.63, 3.8) is 0 Å². The summed E-state index contributed by atoms with van der Waals surface area (Å²) in [7, 11) is -3.55. The number of morpholine rings is 1. The molecule has 2 fully saturated rings. The molecule has 2 aromatic rings. The van der Waals surface area contributed by atoms with Crippen LogP contribution in [-0.2, 0) is 14.8 Å². The number of aromatic nitrogens is 3. The summed E-state index contributed by atoms with van der Waals surface area (Å²) in [4.78, 5) is 0.296. The third-order valence-electron chi connectivity index (χ3n) is 5.43. The van der Waals surface area contributed by atoms with Crippen molar-refractivity contribution in [3.8, 4) is 11.4 Å². The summed E-state index contributed by atoms with van der Waals surface area (Å²) in [6.45, 7) is 2.46. The smallest absolute Gasteiger partial charge is 0.243 e. The highest BCUT2D eigenvalue weighted by Crippen LogP contribution is 2.37. The van der Waals surface area contributed by atoms with Crippen LogP contribution in [0.5, 0.6) is 0 Å². The Labute approximate surface area is 175 Å². The van der Waals surface area contributed by atoms with Crippen LogP contribution in [-0.4, -0.2) is 66.1 Å². The van der Waals surface area contributed by atoms with Crippen LogP contribution in [0.3, 0.4) is 0 Å². The summed E-state index contributed by atoms with van der Waals surface area (Å²) in [6, 6.07) is 7.47. The quantitative estimate of drug-likeness (QED) is 0.656. The van der Waals surface area contributed by atoms with E-state index in [1.807, 2.05) is 6.07 Å². The second-order valence-electron chi connectivity index (χ2n) is 7.36. The van der Waals surface area contributed by atoms with E-state index in [2.05, 4.69) is 20.5 Å². The SMILES string of the molecule is [NH3+]CCSc1nnc(-c2cccc(S(=O)(=O)N3CCOCC3)c2)n1C1CCCC1. The molecule has 0 spiro atoms. The molecular weight excluding hydrogens is 410 g/mol. The number of rotatable bonds is 7. The molecule has 4 rings (SSSR count). The summed E-state index contributed by atoms with van der Waals surface area (Å²) in [6.07, 6.45) is 4.61. The van der Waals surface area contributed by atoms with Gasteiger partial charge in [-0.3, -0.25) is 4.57 Å². The summed E-state index contributed by atoms with van der Waals surface area (Å²) in [5, 5.41) is 9.79. The highest BCUT2D eigenvalue weighted by atomic mass is 32.2. The molecule has 29 heavy (non-hydrogen) atoms. The summed E-state index contributed by atoms with van der Waals surface area (Å²) in [5.74, 6) is 1.64. The molecule has 0 bridgehead atoms. The molecule has 1 saturated carbocycles. The van der Waals surface area contributed by atoms with E-state index in [9.17, 15) is 8.42 Å². The van der Waals surface area contributed by atoms with Crippen molar-refractivity contribution in [2.75, 3.05) is 38.6 Å². The van der Waals surface area contributed by atoms with E-state index in [1.54, 1.807) is 30.0 Å². The van der Waals surface area contributed by atoms with Gasteiger partial charge in [0.1, 0.15) is 0 Å². The summed E-state index contributed by atoms with van der Waals surface area (Å²) in [5.41, 5.74) is 4.71. The highest BCUT2D eigenvalue weighted by Gasteiger charge is 2.28. The molecule has 0 amide bonds. The molecule has 1 aromatic carbocycles. The van der Waals surface area contributed by atoms with Gasteiger partial charge in [-0.2, -0.15) is 4.31 Å². The van der Waals surface area contributed by atoms with E-state index in [0.717, 1.165) is 41.7 Å². The van der Waals surface area contributed by atoms with Gasteiger partial charge in [-0.1, -0.05) is 36.7 Å². The molecule has 0 atom stereocenters. The number of quaternary nitrogens is 1. The molecule has 3 N–H and O–H groups in total. The van der Waals surface area contributed by atoms with Gasteiger partial charge in [0.15, 0.2) is 11.0 Å². The first-order valence-electron chi connectivity index (χ1n) is 10.2. The summed E-state index contributed by atoms with van der Waals surface area (Å²) < 4.78 is 35.2. The van der Waals surface area contributed by atoms with Gasteiger partial charge in [0.25, 0.3) is 0 Å². The third kappa shape index (κ3) is 4.36. The average Bonchev–Trinajstić information content (AvgIpc) is 3.42. The van der Waals surface area contributed by atoms with E-state index in [0.29, 0.717) is 37.2 Å². The fourth-order valence-corrected chi connectivity index (χ4v) is 6.21. The second-order valence-corrected chi connectivity index (χ2v) is 10.4. The minimum absolute atomic E-state index is 0.296. The molecule has 2 aliphatic rings. The Kier molecular flexibility index (Phi) is 6.55. The first-order chi connectivity index (χ1) is 14.1. The summed E-state index contributed by atoms with van der Waals surface area (Å²) >= 11 is 1.67. The van der Waals surface area contributed by atoms with Crippen molar-refractivity contribution in [1.82, 2.24) is 19.1 Å². The maximum Gasteiger partial charge on any atom is 0.243 e. The predicted octanol–water partition coefficient (Wildman–Crippen LogP) is 1.42. The molecule has 1 aliphatic carbocycles. The zero-order chi connectivity index (χ0) is 20.3. The second kappa shape index (κ2) is 9.13. The molecule has 8 nitrogen and oxygen atoms in total. The topological polar surface area (TPSA) is 105 Å². The Balaban J connectivity index is 1.70. The largest absolute Gasteiger partial charge is 0.379 e. The van der Waals surface area contributed by atoms with Crippen LogP contribution in [0.15, 0.2) is 34.3 Å². The van der Waals surface area contributed by atoms with Gasteiger partial charge >= 0.3 is 0 Å². The van der Waals surface area contributed by atoms with E-state index < -0.39 is 10.0 Å². The lowest BCUT2D eigenvalue weighted by Crippen LogP contribution is -2.51. The first kappa shape index (κ1) is 20.8. The van der Waals surface area contributed by atoms with Crippen LogP contribution in [0, 0.1) is 0 Å². The van der Waals surface area contributed by atoms with Crippen LogP contribution in [0.4, 0.5) is 0 Å². The van der Waals surface area contributed by atoms with Crippen molar-refractivity contribution in [1.29, 1.82) is 0 Å². The van der Waals surface area contributed by atoms with Crippen LogP contribution in [0.1, 0.15) is 31.7 Å². The molecule has 1 aliphatic heterocycles. The number of benzene rings is 1. The number of nitrogens with zero attached hydrogens (tertiary/aromatic N) is 4. The van der Waals surface area contributed by atoms with Gasteiger partial charge in [-0.15, -0.1) is 10.2 Å². The van der Waals surface area contributed by atoms with Crippen LogP contribution in [0.2, 0.25) is 0 Å². The Hall–Kier alpha value is -1.46. The standard InChI is InChI=1S/C19H27N5O3S2/c20-8-13-28-19-22-21-18(24(19)16-5-1-2-6-16)15-4-3-7-17(14-15)29(25,26)23-9-11-27-12-10-23/h3-4,7,14,16H,1-2,5-6,8-13,20H2/p+1. The van der Waals surface area contributed by atoms with Crippen molar-refractivity contribution >= 4 is 21.8 Å². The van der Waals surface area contributed by atoms with Crippen molar-refractivity contribution in [3.05, 3.63) is 24.3 Å². The number of hydrogen-bond acceptors (Lipinski definition) is 6. The van der Waals surface area contributed by atoms with E-state index in [-0.39, 0.29) is 0 Å². The molecule has 1 aromatic heterocycles. The lowest BCUT2D eigenvalue weighted by molar-refractivity contribution is -0.360. The van der Waals surface area contributed by atoms with Gasteiger partial charge in [-0.25, -0.2) is 8.42 Å². The zero-order valence-electron chi connectivity index (χ0n) is 16.5. The van der Waals surface area contributed by atoms with Crippen molar-refractivity contribution < 1.29 is 18.9 Å². The number of sulfonamides is 1. The predicted molar refractivity (Wildman–Crippen MR) is 111 cm³/mol. The number of hydrogen-bond donors (Lipinski definition) is 1. The monoisotopic (exact) mass is 438 g/mol. The lowest BCUT2D eigenvalue weighted by atomic mass is 10.2. The van der Waals surface area contributed by atoms with Crippen molar-refractivity contribution in [2.24, 2.45) is 0 Å². The van der Waals surface area contributed by atoms with E-state index in [4.69, 9.17) is 4.74 Å². The first-order valence-corrected chi connectivity index (χ1v) is 12.6. The Morgan fingerprint density at radius 3 is 2.66 bits per heavy atom. The minimum Gasteiger partial charge on any atom is -0.379 e. The Morgan fingerprint density at radius 1 is 1.17 bits per heavy atom. The van der Waals surface area contributed by atoms with Gasteiger partial charge in [-0.05, 0) is 25.0 Å². The van der Waals surface area contributed by atoms with Crippen molar-refractivity contribution in [2.45, 2.75) is 41.8 Å². The normalized spacial score (nSPS) is 19.1. The molecule has 0 unspecified atom stereocenters. The van der Waals surface area contributed by atoms with Gasteiger partial charge in [0.2, 0.25) is 10.0 Å². The molecule has 0 radical (unpaired) electrons. The Bertz CT molecular complexity index is 935. The maximum absolute atomic E-state index is 13.1. The van der Waals surface area contributed by atoms with E-state index >= 15 is 0 Å². The highest BCUT2D eigenvalue weighted by molar-refractivity contribution is 7.99. The molecule has 10 heteroatoms. The molecular formula is C19H28N5O3S2+. The van der Waals surface area contributed by atoms with E-state index in [1.165, 1.54) is 17.1 Å². The van der Waals surface area contributed by atoms with Gasteiger partial charge in [0.05, 0.1) is 30.4 Å². The van der Waals surface area contributed by atoms with Gasteiger partial charge in [0, 0.05) is 24.7 Å². The fourth-order valence-electron chi connectivity index (χ4n) is 3.96. The van der Waals surface area contributed by atoms with Crippen LogP contribution in [0.25, 0.3) is 11.4 Å². The van der Waals surface area contributed by atoms with Crippen LogP contribution < -0.4 is 5.73 Å². The molecule has 2 heterocycles. The van der Waals surface area contributed by atoms with Crippen LogP contribution >= 0.6 is 11.8 Å².